The van der Waals surface area contributed by atoms with E-state index in [1.54, 1.807) is 0 Å². The zero-order chi connectivity index (χ0) is 21.7. The van der Waals surface area contributed by atoms with Crippen LogP contribution in [0.15, 0.2) is 29.3 Å². The number of carbonyl (C=O) groups is 1. The molecule has 1 heterocycles. The predicted octanol–water partition coefficient (Wildman–Crippen LogP) is 2.94. The second kappa shape index (κ2) is 7.48. The average Bonchev–Trinajstić information content (AvgIpc) is 3.56. The van der Waals surface area contributed by atoms with Crippen molar-refractivity contribution in [1.29, 1.82) is 0 Å². The van der Waals surface area contributed by atoms with Crippen LogP contribution >= 0.6 is 0 Å². The number of rotatable bonds is 7. The van der Waals surface area contributed by atoms with Crippen LogP contribution in [0, 0.1) is 11.8 Å². The first-order valence-corrected chi connectivity index (χ1v) is 12.4. The number of aromatic nitrogens is 2. The number of hydrogen-bond donors (Lipinski definition) is 1. The summed E-state index contributed by atoms with van der Waals surface area (Å²) in [5.74, 6) is 2.07. The van der Waals surface area contributed by atoms with Gasteiger partial charge in [0, 0.05) is 23.3 Å². The number of nitrogens with zero attached hydrogens (tertiary/aromatic N) is 2. The van der Waals surface area contributed by atoms with Crippen molar-refractivity contribution in [2.45, 2.75) is 64.0 Å². The van der Waals surface area contributed by atoms with E-state index in [0.29, 0.717) is 11.7 Å². The molecule has 0 spiro atoms. The van der Waals surface area contributed by atoms with Crippen LogP contribution in [-0.2, 0) is 15.3 Å². The fourth-order valence-electron chi connectivity index (χ4n) is 3.90. The Hall–Kier alpha value is -2.22. The lowest BCUT2D eigenvalue weighted by molar-refractivity contribution is 0.0938. The first kappa shape index (κ1) is 21.0. The molecule has 0 aromatic carbocycles. The fourth-order valence-corrected chi connectivity index (χ4v) is 4.35. The Morgan fingerprint density at radius 1 is 1.27 bits per heavy atom. The highest BCUT2D eigenvalue weighted by Gasteiger charge is 2.47. The molecule has 2 fully saturated rings. The molecule has 1 amide bonds. The molecule has 0 radical (unpaired) electrons. The summed E-state index contributed by atoms with van der Waals surface area (Å²) in [6.07, 6.45) is 10.2. The normalized spacial score (nSPS) is 26.1. The number of hydrogen-bond acceptors (Lipinski definition) is 6. The molecule has 0 saturated heterocycles. The van der Waals surface area contributed by atoms with E-state index in [9.17, 15) is 13.2 Å². The first-order valence-electron chi connectivity index (χ1n) is 10.4. The molecule has 3 aliphatic carbocycles. The number of nitrogens with one attached hydrogen (secondary N) is 1. The lowest BCUT2D eigenvalue weighted by Gasteiger charge is -2.21. The van der Waals surface area contributed by atoms with E-state index in [1.165, 1.54) is 18.7 Å². The van der Waals surface area contributed by atoms with Crippen molar-refractivity contribution in [3.63, 3.8) is 0 Å². The van der Waals surface area contributed by atoms with Crippen LogP contribution in [0.1, 0.15) is 62.6 Å². The van der Waals surface area contributed by atoms with Crippen LogP contribution < -0.4 is 10.1 Å². The molecule has 0 aliphatic heterocycles. The van der Waals surface area contributed by atoms with Crippen LogP contribution in [0.2, 0.25) is 0 Å². The minimum Gasteiger partial charge on any atom is -0.474 e. The van der Waals surface area contributed by atoms with Crippen LogP contribution in [-0.4, -0.2) is 42.7 Å². The lowest BCUT2D eigenvalue weighted by atomic mass is 9.95. The summed E-state index contributed by atoms with van der Waals surface area (Å²) in [5, 5.41) is 4.01. The fraction of sp³-hybridized carbons (Fsp3) is 0.591. The van der Waals surface area contributed by atoms with Crippen molar-refractivity contribution < 1.29 is 17.9 Å². The maximum atomic E-state index is 13.1. The molecule has 30 heavy (non-hydrogen) atoms. The van der Waals surface area contributed by atoms with Crippen LogP contribution in [0.4, 0.5) is 0 Å². The van der Waals surface area contributed by atoms with Crippen molar-refractivity contribution in [2.24, 2.45) is 11.8 Å². The average molecular weight is 432 g/mol. The molecule has 7 nitrogen and oxygen atoms in total. The first-order chi connectivity index (χ1) is 14.0. The van der Waals surface area contributed by atoms with E-state index in [4.69, 9.17) is 4.74 Å². The highest BCUT2D eigenvalue weighted by atomic mass is 32.2. The molecule has 3 aliphatic rings. The molecule has 0 unspecified atom stereocenters. The third-order valence-electron chi connectivity index (χ3n) is 5.79. The van der Waals surface area contributed by atoms with Crippen LogP contribution in [0.3, 0.4) is 0 Å². The zero-order valence-electron chi connectivity index (χ0n) is 17.9. The second-order valence-electron chi connectivity index (χ2n) is 9.72. The Balaban J connectivity index is 1.57. The van der Waals surface area contributed by atoms with Gasteiger partial charge in [0.25, 0.3) is 5.91 Å². The third kappa shape index (κ3) is 5.09. The number of fused-ring (bicyclic) bond motifs is 1. The van der Waals surface area contributed by atoms with Gasteiger partial charge >= 0.3 is 0 Å². The number of allylic oxidation sites excluding steroid dienone is 1. The Kier molecular flexibility index (Phi) is 5.24. The Labute approximate surface area is 177 Å². The van der Waals surface area contributed by atoms with Crippen LogP contribution in [0.5, 0.6) is 5.88 Å². The molecule has 8 heteroatoms. The van der Waals surface area contributed by atoms with Gasteiger partial charge in [-0.15, -0.1) is 0 Å². The minimum absolute atomic E-state index is 0.0788. The Morgan fingerprint density at radius 3 is 2.50 bits per heavy atom. The predicted molar refractivity (Wildman–Crippen MR) is 114 cm³/mol. The summed E-state index contributed by atoms with van der Waals surface area (Å²) in [6.45, 7) is 6.05. The molecule has 2 saturated carbocycles. The number of amides is 1. The second-order valence-corrected chi connectivity index (χ2v) is 11.7. The molecule has 0 bridgehead atoms. The van der Waals surface area contributed by atoms with Gasteiger partial charge in [0.15, 0.2) is 9.84 Å². The molecule has 1 N–H and O–H groups in total. The van der Waals surface area contributed by atoms with Gasteiger partial charge in [-0.25, -0.2) is 13.4 Å². The van der Waals surface area contributed by atoms with Crippen LogP contribution in [0.25, 0.3) is 0 Å². The van der Waals surface area contributed by atoms with E-state index in [2.05, 4.69) is 15.3 Å². The standard InChI is InChI=1S/C22H29N3O4S/c1-22(2,3)21-23-12-17(20(25-21)29-16-10-14-9-15(14)11-16)19(26)24-18(13-5-6-13)7-8-30(4,27)28/h5,7-8,12,14-16,18H,6,9-11H2,1-4H3,(H,24,26)/b8-7+/t14-,15+,16-,18-/m1/s1. The highest BCUT2D eigenvalue weighted by molar-refractivity contribution is 7.93. The summed E-state index contributed by atoms with van der Waals surface area (Å²) in [6, 6.07) is -0.471. The van der Waals surface area contributed by atoms with Gasteiger partial charge in [0.2, 0.25) is 5.88 Å². The summed E-state index contributed by atoms with van der Waals surface area (Å²) in [7, 11) is -3.28. The largest absolute Gasteiger partial charge is 0.474 e. The van der Waals surface area contributed by atoms with Gasteiger partial charge in [0.05, 0.1) is 6.04 Å². The maximum Gasteiger partial charge on any atom is 0.259 e. The molecule has 162 valence electrons. The summed E-state index contributed by atoms with van der Waals surface area (Å²) in [5.41, 5.74) is 0.987. The molecule has 1 aromatic rings. The molecule has 4 atom stereocenters. The van der Waals surface area contributed by atoms with Crippen molar-refractivity contribution in [3.05, 3.63) is 40.7 Å². The molecular weight excluding hydrogens is 402 g/mol. The van der Waals surface area contributed by atoms with E-state index in [0.717, 1.165) is 48.3 Å². The minimum atomic E-state index is -3.28. The summed E-state index contributed by atoms with van der Waals surface area (Å²) < 4.78 is 29.2. The smallest absolute Gasteiger partial charge is 0.259 e. The number of sulfone groups is 1. The quantitative estimate of drug-likeness (QED) is 0.667. The van der Waals surface area contributed by atoms with E-state index in [-0.39, 0.29) is 23.0 Å². The van der Waals surface area contributed by atoms with Crippen molar-refractivity contribution in [2.75, 3.05) is 6.26 Å². The molecular formula is C22H29N3O4S. The summed E-state index contributed by atoms with van der Waals surface area (Å²) in [4.78, 5) is 22.1. The topological polar surface area (TPSA) is 98.2 Å². The SMILES string of the molecule is CC(C)(C)c1ncc(C(=O)N[C@H](/C=C/S(C)(=O)=O)C2=CC2)c(O[C@H]2C[C@@H]3C[C@@H]3C2)n1. The molecule has 1 aromatic heterocycles. The number of carbonyl (C=O) groups excluding carboxylic acids is 1. The van der Waals surface area contributed by atoms with Crippen molar-refractivity contribution in [1.82, 2.24) is 15.3 Å². The number of ether oxygens (including phenoxy) is 1. The Morgan fingerprint density at radius 2 is 1.93 bits per heavy atom. The Bertz CT molecular complexity index is 1010. The maximum absolute atomic E-state index is 13.1. The van der Waals surface area contributed by atoms with Gasteiger partial charge in [-0.05, 0) is 49.2 Å². The van der Waals surface area contributed by atoms with Gasteiger partial charge < -0.3 is 10.1 Å². The van der Waals surface area contributed by atoms with Gasteiger partial charge in [0.1, 0.15) is 17.5 Å². The molecule has 4 rings (SSSR count). The highest BCUT2D eigenvalue weighted by Crippen LogP contribution is 2.52. The lowest BCUT2D eigenvalue weighted by Crippen LogP contribution is -2.34. The van der Waals surface area contributed by atoms with E-state index in [1.807, 2.05) is 26.8 Å². The van der Waals surface area contributed by atoms with E-state index >= 15 is 0 Å². The summed E-state index contributed by atoms with van der Waals surface area (Å²) >= 11 is 0. The third-order valence-corrected chi connectivity index (χ3v) is 6.44. The van der Waals surface area contributed by atoms with Gasteiger partial charge in [-0.1, -0.05) is 26.8 Å². The van der Waals surface area contributed by atoms with Crippen molar-refractivity contribution in [3.8, 4) is 5.88 Å². The zero-order valence-corrected chi connectivity index (χ0v) is 18.7. The van der Waals surface area contributed by atoms with Gasteiger partial charge in [-0.2, -0.15) is 4.98 Å². The van der Waals surface area contributed by atoms with E-state index < -0.39 is 15.9 Å². The van der Waals surface area contributed by atoms with Gasteiger partial charge in [-0.3, -0.25) is 4.79 Å². The van der Waals surface area contributed by atoms with Crippen molar-refractivity contribution >= 4 is 15.7 Å². The monoisotopic (exact) mass is 431 g/mol.